The molecule has 0 aliphatic rings. The summed E-state index contributed by atoms with van der Waals surface area (Å²) in [6.07, 6.45) is 2.45. The number of hydrogen-bond acceptors (Lipinski definition) is 4. The third-order valence-electron chi connectivity index (χ3n) is 3.01. The molecule has 0 fully saturated rings. The number of halogens is 2. The first-order chi connectivity index (χ1) is 11.3. The van der Waals surface area contributed by atoms with E-state index in [4.69, 9.17) is 0 Å². The summed E-state index contributed by atoms with van der Waals surface area (Å²) in [5.41, 5.74) is 0.0425. The highest BCUT2D eigenvalue weighted by Crippen LogP contribution is 2.25. The summed E-state index contributed by atoms with van der Waals surface area (Å²) in [5, 5.41) is 0. The van der Waals surface area contributed by atoms with E-state index in [1.807, 2.05) is 0 Å². The second kappa shape index (κ2) is 7.22. The highest BCUT2D eigenvalue weighted by Gasteiger charge is 2.25. The molecule has 2 aromatic carbocycles. The number of hydrogen-bond donors (Lipinski definition) is 0. The van der Waals surface area contributed by atoms with Crippen LogP contribution < -0.4 is 4.53 Å². The van der Waals surface area contributed by atoms with Gasteiger partial charge in [-0.2, -0.15) is 8.42 Å². The Hall–Kier alpha value is -2.74. The standard InChI is InChI=1S/C16H13F2NO4S/c1-23-16(20)10-5-12-3-2-4-15(11-12)24(21,22)19(18)14-8-6-13(17)7-9-14/h2-11H,1H3. The van der Waals surface area contributed by atoms with Crippen LogP contribution in [0.5, 0.6) is 0 Å². The highest BCUT2D eigenvalue weighted by atomic mass is 32.2. The van der Waals surface area contributed by atoms with Gasteiger partial charge in [0.15, 0.2) is 0 Å². The van der Waals surface area contributed by atoms with Crippen LogP contribution in [0.1, 0.15) is 5.56 Å². The van der Waals surface area contributed by atoms with Gasteiger partial charge in [-0.15, -0.1) is 0 Å². The van der Waals surface area contributed by atoms with Crippen molar-refractivity contribution < 1.29 is 26.8 Å². The molecule has 0 saturated carbocycles. The maximum atomic E-state index is 14.3. The Labute approximate surface area is 137 Å². The molecule has 0 aliphatic carbocycles. The molecule has 126 valence electrons. The van der Waals surface area contributed by atoms with Gasteiger partial charge in [0.2, 0.25) is 0 Å². The lowest BCUT2D eigenvalue weighted by molar-refractivity contribution is -0.134. The largest absolute Gasteiger partial charge is 0.466 e. The fraction of sp³-hybridized carbons (Fsp3) is 0.0625. The Balaban J connectivity index is 2.33. The summed E-state index contributed by atoms with van der Waals surface area (Å²) in [4.78, 5) is 10.7. The van der Waals surface area contributed by atoms with E-state index >= 15 is 0 Å². The lowest BCUT2D eigenvalue weighted by atomic mass is 10.2. The zero-order valence-corrected chi connectivity index (χ0v) is 13.3. The van der Waals surface area contributed by atoms with Crippen molar-refractivity contribution >= 4 is 27.8 Å². The topological polar surface area (TPSA) is 63.7 Å². The van der Waals surface area contributed by atoms with E-state index in [9.17, 15) is 22.1 Å². The third-order valence-corrected chi connectivity index (χ3v) is 4.49. The van der Waals surface area contributed by atoms with Gasteiger partial charge < -0.3 is 4.74 Å². The van der Waals surface area contributed by atoms with E-state index in [2.05, 4.69) is 4.74 Å². The first-order valence-corrected chi connectivity index (χ1v) is 8.11. The van der Waals surface area contributed by atoms with Gasteiger partial charge in [-0.1, -0.05) is 21.1 Å². The summed E-state index contributed by atoms with van der Waals surface area (Å²) >= 11 is 0. The van der Waals surface area contributed by atoms with Crippen molar-refractivity contribution in [1.29, 1.82) is 0 Å². The highest BCUT2D eigenvalue weighted by molar-refractivity contribution is 7.92. The fourth-order valence-corrected chi connectivity index (χ4v) is 2.92. The zero-order chi connectivity index (χ0) is 17.7. The second-order valence-corrected chi connectivity index (χ2v) is 6.37. The van der Waals surface area contributed by atoms with Crippen molar-refractivity contribution in [3.63, 3.8) is 0 Å². The first-order valence-electron chi connectivity index (χ1n) is 6.67. The van der Waals surface area contributed by atoms with Gasteiger partial charge in [-0.05, 0) is 48.0 Å². The number of nitrogens with zero attached hydrogens (tertiary/aromatic N) is 1. The minimum Gasteiger partial charge on any atom is -0.466 e. The Bertz CT molecular complexity index is 864. The molecule has 8 heteroatoms. The lowest BCUT2D eigenvalue weighted by Crippen LogP contribution is -2.22. The molecule has 2 aromatic rings. The van der Waals surface area contributed by atoms with E-state index in [-0.39, 0.29) is 10.6 Å². The molecule has 0 heterocycles. The Kier molecular flexibility index (Phi) is 5.30. The maximum Gasteiger partial charge on any atom is 0.330 e. The number of anilines is 1. The molecule has 0 spiro atoms. The van der Waals surface area contributed by atoms with Gasteiger partial charge in [-0.3, -0.25) is 0 Å². The summed E-state index contributed by atoms with van der Waals surface area (Å²) in [6, 6.07) is 9.27. The van der Waals surface area contributed by atoms with Crippen LogP contribution in [0.4, 0.5) is 14.6 Å². The van der Waals surface area contributed by atoms with Crippen LogP contribution in [-0.4, -0.2) is 21.5 Å². The van der Waals surface area contributed by atoms with Gasteiger partial charge >= 0.3 is 5.97 Å². The fourth-order valence-electron chi connectivity index (χ4n) is 1.80. The number of carbonyl (C=O) groups excluding carboxylic acids is 1. The number of ether oxygens (including phenoxy) is 1. The number of esters is 1. The van der Waals surface area contributed by atoms with Crippen LogP contribution in [0, 0.1) is 5.82 Å². The lowest BCUT2D eigenvalue weighted by Gasteiger charge is -2.14. The van der Waals surface area contributed by atoms with Gasteiger partial charge in [0.05, 0.1) is 17.7 Å². The number of methoxy groups -OCH3 is 1. The minimum absolute atomic E-state index is 0.318. The third kappa shape index (κ3) is 3.96. The molecule has 2 rings (SSSR count). The van der Waals surface area contributed by atoms with E-state index < -0.39 is 26.3 Å². The average Bonchev–Trinajstić information content (AvgIpc) is 2.60. The van der Waals surface area contributed by atoms with Crippen molar-refractivity contribution in [2.24, 2.45) is 0 Å². The number of carbonyl (C=O) groups is 1. The second-order valence-electron chi connectivity index (χ2n) is 4.63. The molecule has 0 unspecified atom stereocenters. The number of benzene rings is 2. The molecule has 0 aromatic heterocycles. The molecule has 24 heavy (non-hydrogen) atoms. The van der Waals surface area contributed by atoms with Gasteiger partial charge in [0.1, 0.15) is 5.82 Å². The van der Waals surface area contributed by atoms with E-state index in [1.54, 1.807) is 6.07 Å². The maximum absolute atomic E-state index is 14.3. The Morgan fingerprint density at radius 1 is 1.17 bits per heavy atom. The molecule has 0 atom stereocenters. The van der Waals surface area contributed by atoms with Gasteiger partial charge in [0, 0.05) is 6.08 Å². The number of rotatable bonds is 5. The summed E-state index contributed by atoms with van der Waals surface area (Å²) in [7, 11) is -3.27. The van der Waals surface area contributed by atoms with Gasteiger partial charge in [0.25, 0.3) is 10.0 Å². The number of sulfonamides is 1. The molecule has 0 saturated heterocycles. The summed E-state index contributed by atoms with van der Waals surface area (Å²) in [5.74, 6) is -1.22. The molecule has 0 aliphatic heterocycles. The molecule has 0 bridgehead atoms. The molecule has 5 nitrogen and oxygen atoms in total. The van der Waals surface area contributed by atoms with Crippen molar-refractivity contribution in [3.05, 3.63) is 66.0 Å². The first kappa shape index (κ1) is 17.6. The Morgan fingerprint density at radius 3 is 2.46 bits per heavy atom. The summed E-state index contributed by atoms with van der Waals surface area (Å²) < 4.78 is 55.7. The molecule has 0 radical (unpaired) electrons. The molecule has 0 N–H and O–H groups in total. The SMILES string of the molecule is COC(=O)C=Cc1cccc(S(=O)(=O)N(F)c2ccc(F)cc2)c1. The van der Waals surface area contributed by atoms with Crippen LogP contribution >= 0.6 is 0 Å². The molecular formula is C16H13F2NO4S. The van der Waals surface area contributed by atoms with Crippen LogP contribution in [0.25, 0.3) is 6.08 Å². The van der Waals surface area contributed by atoms with Crippen molar-refractivity contribution in [1.82, 2.24) is 0 Å². The average molecular weight is 353 g/mol. The monoisotopic (exact) mass is 353 g/mol. The smallest absolute Gasteiger partial charge is 0.330 e. The van der Waals surface area contributed by atoms with Crippen molar-refractivity contribution in [2.45, 2.75) is 4.90 Å². The van der Waals surface area contributed by atoms with E-state index in [0.29, 0.717) is 5.56 Å². The van der Waals surface area contributed by atoms with Crippen molar-refractivity contribution in [2.75, 3.05) is 11.6 Å². The predicted octanol–water partition coefficient (Wildman–Crippen LogP) is 3.09. The van der Waals surface area contributed by atoms with Crippen LogP contribution in [0.15, 0.2) is 59.5 Å². The minimum atomic E-state index is -4.48. The molecular weight excluding hydrogens is 340 g/mol. The predicted molar refractivity (Wildman–Crippen MR) is 84.7 cm³/mol. The normalized spacial score (nSPS) is 11.5. The quantitative estimate of drug-likeness (QED) is 0.471. The van der Waals surface area contributed by atoms with E-state index in [0.717, 1.165) is 30.3 Å². The molecule has 0 amide bonds. The van der Waals surface area contributed by atoms with Crippen molar-refractivity contribution in [3.8, 4) is 0 Å². The summed E-state index contributed by atoms with van der Waals surface area (Å²) in [6.45, 7) is 0. The van der Waals surface area contributed by atoms with Crippen LogP contribution in [-0.2, 0) is 19.6 Å². The zero-order valence-electron chi connectivity index (χ0n) is 12.5. The Morgan fingerprint density at radius 2 is 1.83 bits per heavy atom. The van der Waals surface area contributed by atoms with Gasteiger partial charge in [-0.25, -0.2) is 9.18 Å². The van der Waals surface area contributed by atoms with Crippen LogP contribution in [0.3, 0.4) is 0 Å². The van der Waals surface area contributed by atoms with Crippen LogP contribution in [0.2, 0.25) is 0 Å². The van der Waals surface area contributed by atoms with E-state index in [1.165, 1.54) is 31.4 Å².